The summed E-state index contributed by atoms with van der Waals surface area (Å²) in [5, 5.41) is 2.74. The van der Waals surface area contributed by atoms with E-state index in [9.17, 15) is 18.0 Å². The molecule has 158 valence electrons. The molecule has 2 aromatic carbocycles. The van der Waals surface area contributed by atoms with Crippen molar-refractivity contribution in [1.29, 1.82) is 0 Å². The van der Waals surface area contributed by atoms with Gasteiger partial charge in [0.15, 0.2) is 18.1 Å². The summed E-state index contributed by atoms with van der Waals surface area (Å²) in [5.41, 5.74) is -0.0510. The molecule has 0 fully saturated rings. The molecule has 0 radical (unpaired) electrons. The van der Waals surface area contributed by atoms with E-state index in [4.69, 9.17) is 14.2 Å². The summed E-state index contributed by atoms with van der Waals surface area (Å²) >= 11 is 0. The molecular formula is C21H24F3NO4. The van der Waals surface area contributed by atoms with Crippen molar-refractivity contribution in [3.05, 3.63) is 53.6 Å². The number of carbonyl (C=O) groups is 1. The Labute approximate surface area is 167 Å². The second-order valence-electron chi connectivity index (χ2n) is 6.68. The van der Waals surface area contributed by atoms with E-state index >= 15 is 0 Å². The normalized spacial score (nSPS) is 12.4. The van der Waals surface area contributed by atoms with E-state index in [1.54, 1.807) is 25.1 Å². The molecule has 2 rings (SSSR count). The highest BCUT2D eigenvalue weighted by Crippen LogP contribution is 2.32. The minimum Gasteiger partial charge on any atom is -0.493 e. The number of benzene rings is 2. The zero-order valence-corrected chi connectivity index (χ0v) is 16.7. The van der Waals surface area contributed by atoms with Crippen LogP contribution in [0.15, 0.2) is 42.5 Å². The lowest BCUT2D eigenvalue weighted by Crippen LogP contribution is -2.31. The van der Waals surface area contributed by atoms with E-state index in [0.29, 0.717) is 11.5 Å². The van der Waals surface area contributed by atoms with Crippen LogP contribution >= 0.6 is 0 Å². The molecule has 5 nitrogen and oxygen atoms in total. The number of alkyl halides is 3. The average molecular weight is 411 g/mol. The second-order valence-corrected chi connectivity index (χ2v) is 6.68. The summed E-state index contributed by atoms with van der Waals surface area (Å²) in [5.74, 6) is 0.644. The maximum absolute atomic E-state index is 12.7. The Morgan fingerprint density at radius 2 is 1.79 bits per heavy atom. The van der Waals surface area contributed by atoms with Crippen molar-refractivity contribution in [3.8, 4) is 17.2 Å². The SMILES string of the molecule is COc1cc(C(C)NC(=O)COc2cccc(C(F)(F)F)c2)ccc1OC(C)C. The Morgan fingerprint density at radius 1 is 1.07 bits per heavy atom. The number of methoxy groups -OCH3 is 1. The number of hydrogen-bond donors (Lipinski definition) is 1. The van der Waals surface area contributed by atoms with Crippen LogP contribution in [-0.4, -0.2) is 25.7 Å². The fourth-order valence-corrected chi connectivity index (χ4v) is 2.58. The summed E-state index contributed by atoms with van der Waals surface area (Å²) in [6.45, 7) is 5.18. The van der Waals surface area contributed by atoms with E-state index in [2.05, 4.69) is 5.32 Å². The van der Waals surface area contributed by atoms with Gasteiger partial charge in [0.05, 0.1) is 24.8 Å². The molecule has 0 saturated carbocycles. The van der Waals surface area contributed by atoms with E-state index in [-0.39, 0.29) is 17.9 Å². The van der Waals surface area contributed by atoms with Crippen molar-refractivity contribution in [1.82, 2.24) is 5.32 Å². The Bertz CT molecular complexity index is 837. The van der Waals surface area contributed by atoms with Gasteiger partial charge in [-0.3, -0.25) is 4.79 Å². The van der Waals surface area contributed by atoms with Crippen LogP contribution in [0.1, 0.15) is 37.9 Å². The summed E-state index contributed by atoms with van der Waals surface area (Å²) in [4.78, 5) is 12.1. The van der Waals surface area contributed by atoms with Gasteiger partial charge in [0, 0.05) is 0 Å². The Morgan fingerprint density at radius 3 is 2.41 bits per heavy atom. The maximum atomic E-state index is 12.7. The molecule has 1 N–H and O–H groups in total. The third-order valence-electron chi connectivity index (χ3n) is 3.96. The van der Waals surface area contributed by atoms with Crippen molar-refractivity contribution >= 4 is 5.91 Å². The van der Waals surface area contributed by atoms with Gasteiger partial charge >= 0.3 is 6.18 Å². The number of nitrogens with one attached hydrogen (secondary N) is 1. The van der Waals surface area contributed by atoms with Gasteiger partial charge in [-0.25, -0.2) is 0 Å². The van der Waals surface area contributed by atoms with Crippen LogP contribution in [0.4, 0.5) is 13.2 Å². The monoisotopic (exact) mass is 411 g/mol. The molecule has 29 heavy (non-hydrogen) atoms. The van der Waals surface area contributed by atoms with Crippen LogP contribution < -0.4 is 19.5 Å². The van der Waals surface area contributed by atoms with E-state index in [1.807, 2.05) is 13.8 Å². The number of amides is 1. The molecule has 1 atom stereocenters. The molecule has 0 aliphatic carbocycles. The van der Waals surface area contributed by atoms with Crippen LogP contribution in [0, 0.1) is 0 Å². The topological polar surface area (TPSA) is 56.8 Å². The van der Waals surface area contributed by atoms with Gasteiger partial charge in [0.1, 0.15) is 5.75 Å². The van der Waals surface area contributed by atoms with Crippen LogP contribution in [0.25, 0.3) is 0 Å². The van der Waals surface area contributed by atoms with Crippen molar-refractivity contribution < 1.29 is 32.2 Å². The Balaban J connectivity index is 1.97. The number of carbonyl (C=O) groups excluding carboxylic acids is 1. The minimum atomic E-state index is -4.47. The van der Waals surface area contributed by atoms with Crippen LogP contribution in [-0.2, 0) is 11.0 Å². The Hall–Kier alpha value is -2.90. The highest BCUT2D eigenvalue weighted by Gasteiger charge is 2.30. The molecule has 0 heterocycles. The first-order chi connectivity index (χ1) is 13.6. The number of rotatable bonds is 8. The average Bonchev–Trinajstić information content (AvgIpc) is 2.65. The van der Waals surface area contributed by atoms with Gasteiger partial charge in [-0.15, -0.1) is 0 Å². The molecule has 1 amide bonds. The smallest absolute Gasteiger partial charge is 0.416 e. The van der Waals surface area contributed by atoms with E-state index < -0.39 is 24.3 Å². The molecule has 1 unspecified atom stereocenters. The van der Waals surface area contributed by atoms with Gasteiger partial charge in [0.2, 0.25) is 0 Å². The van der Waals surface area contributed by atoms with Crippen LogP contribution in [0.3, 0.4) is 0 Å². The van der Waals surface area contributed by atoms with Gasteiger partial charge in [-0.05, 0) is 56.7 Å². The molecule has 0 aliphatic rings. The van der Waals surface area contributed by atoms with E-state index in [0.717, 1.165) is 17.7 Å². The van der Waals surface area contributed by atoms with E-state index in [1.165, 1.54) is 19.2 Å². The molecule has 2 aromatic rings. The molecule has 0 bridgehead atoms. The first-order valence-corrected chi connectivity index (χ1v) is 9.04. The predicted molar refractivity (Wildman–Crippen MR) is 102 cm³/mol. The Kier molecular flexibility index (Phi) is 7.36. The summed E-state index contributed by atoms with van der Waals surface area (Å²) in [7, 11) is 1.53. The van der Waals surface area contributed by atoms with Crippen molar-refractivity contribution in [3.63, 3.8) is 0 Å². The molecule has 0 aromatic heterocycles. The molecular weight excluding hydrogens is 387 g/mol. The maximum Gasteiger partial charge on any atom is 0.416 e. The number of hydrogen-bond acceptors (Lipinski definition) is 4. The zero-order chi connectivity index (χ0) is 21.6. The lowest BCUT2D eigenvalue weighted by Gasteiger charge is -2.18. The van der Waals surface area contributed by atoms with Gasteiger partial charge < -0.3 is 19.5 Å². The van der Waals surface area contributed by atoms with Crippen molar-refractivity contribution in [2.75, 3.05) is 13.7 Å². The van der Waals surface area contributed by atoms with Gasteiger partial charge in [0.25, 0.3) is 5.91 Å². The summed E-state index contributed by atoms with van der Waals surface area (Å²) < 4.78 is 54.4. The summed E-state index contributed by atoms with van der Waals surface area (Å²) in [6, 6.07) is 9.35. The summed E-state index contributed by atoms with van der Waals surface area (Å²) in [6.07, 6.45) is -4.49. The fraction of sp³-hybridized carbons (Fsp3) is 0.381. The first kappa shape index (κ1) is 22.4. The lowest BCUT2D eigenvalue weighted by atomic mass is 10.1. The third kappa shape index (κ3) is 6.58. The fourth-order valence-electron chi connectivity index (χ4n) is 2.58. The van der Waals surface area contributed by atoms with Crippen LogP contribution in [0.2, 0.25) is 0 Å². The number of ether oxygens (including phenoxy) is 3. The van der Waals surface area contributed by atoms with Crippen molar-refractivity contribution in [2.24, 2.45) is 0 Å². The quantitative estimate of drug-likeness (QED) is 0.681. The molecule has 0 spiro atoms. The highest BCUT2D eigenvalue weighted by atomic mass is 19.4. The predicted octanol–water partition coefficient (Wildman–Crippen LogP) is 4.76. The zero-order valence-electron chi connectivity index (χ0n) is 16.7. The van der Waals surface area contributed by atoms with Gasteiger partial charge in [-0.1, -0.05) is 12.1 Å². The minimum absolute atomic E-state index is 0.0140. The molecule has 8 heteroatoms. The molecule has 0 aliphatic heterocycles. The standard InChI is InChI=1S/C21H24F3NO4/c1-13(2)29-18-9-8-15(10-19(18)27-4)14(3)25-20(26)12-28-17-7-5-6-16(11-17)21(22,23)24/h5-11,13-14H,12H2,1-4H3,(H,25,26). The van der Waals surface area contributed by atoms with Crippen LogP contribution in [0.5, 0.6) is 17.2 Å². The van der Waals surface area contributed by atoms with Gasteiger partial charge in [-0.2, -0.15) is 13.2 Å². The third-order valence-corrected chi connectivity index (χ3v) is 3.96. The number of halogens is 3. The first-order valence-electron chi connectivity index (χ1n) is 9.04. The second kappa shape index (κ2) is 9.54. The van der Waals surface area contributed by atoms with Crippen molar-refractivity contribution in [2.45, 2.75) is 39.1 Å². The highest BCUT2D eigenvalue weighted by molar-refractivity contribution is 5.78. The lowest BCUT2D eigenvalue weighted by molar-refractivity contribution is -0.137. The molecule has 0 saturated heterocycles. The largest absolute Gasteiger partial charge is 0.493 e.